The maximum absolute atomic E-state index is 11.5. The normalized spacial score (nSPS) is 12.3. The van der Waals surface area contributed by atoms with Crippen molar-refractivity contribution in [2.24, 2.45) is 11.7 Å². The van der Waals surface area contributed by atoms with E-state index in [1.165, 1.54) is 0 Å². The third kappa shape index (κ3) is 5.37. The van der Waals surface area contributed by atoms with Gasteiger partial charge in [-0.2, -0.15) is 0 Å². The Morgan fingerprint density at radius 2 is 2.00 bits per heavy atom. The van der Waals surface area contributed by atoms with Crippen LogP contribution < -0.4 is 11.1 Å². The van der Waals surface area contributed by atoms with E-state index in [1.807, 2.05) is 13.8 Å². The van der Waals surface area contributed by atoms with E-state index in [-0.39, 0.29) is 24.8 Å². The molecule has 0 saturated carbocycles. The molecule has 0 aliphatic rings. The first-order valence-electron chi connectivity index (χ1n) is 5.19. The van der Waals surface area contributed by atoms with Crippen molar-refractivity contribution in [2.75, 3.05) is 13.2 Å². The van der Waals surface area contributed by atoms with Gasteiger partial charge in [-0.3, -0.25) is 4.79 Å². The van der Waals surface area contributed by atoms with Crippen molar-refractivity contribution in [3.05, 3.63) is 0 Å². The van der Waals surface area contributed by atoms with Crippen LogP contribution in [-0.2, 0) is 14.3 Å². The second kappa shape index (κ2) is 7.23. The highest BCUT2D eigenvalue weighted by atomic mass is 16.5. The lowest BCUT2D eigenvalue weighted by molar-refractivity contribution is -0.148. The third-order valence-electron chi connectivity index (χ3n) is 1.90. The van der Waals surface area contributed by atoms with Crippen LogP contribution in [0.15, 0.2) is 0 Å². The Morgan fingerprint density at radius 1 is 1.40 bits per heavy atom. The summed E-state index contributed by atoms with van der Waals surface area (Å²) in [6.45, 7) is 6.03. The number of esters is 1. The summed E-state index contributed by atoms with van der Waals surface area (Å²) in [4.78, 5) is 22.7. The first kappa shape index (κ1) is 13.9. The zero-order valence-corrected chi connectivity index (χ0v) is 9.58. The van der Waals surface area contributed by atoms with Crippen molar-refractivity contribution < 1.29 is 14.3 Å². The Kier molecular flexibility index (Phi) is 6.70. The SMILES string of the molecule is CCOC(=O)[C@H](NC(=O)CCN)C(C)C. The number of carbonyl (C=O) groups is 2. The van der Waals surface area contributed by atoms with Crippen LogP contribution in [0.3, 0.4) is 0 Å². The van der Waals surface area contributed by atoms with Gasteiger partial charge in [0.1, 0.15) is 6.04 Å². The minimum Gasteiger partial charge on any atom is -0.464 e. The van der Waals surface area contributed by atoms with Gasteiger partial charge in [0.25, 0.3) is 0 Å². The molecule has 5 heteroatoms. The molecule has 3 N–H and O–H groups in total. The van der Waals surface area contributed by atoms with Gasteiger partial charge in [-0.05, 0) is 12.8 Å². The lowest BCUT2D eigenvalue weighted by Gasteiger charge is -2.20. The molecular formula is C10H20N2O3. The molecule has 0 unspecified atom stereocenters. The molecule has 0 aliphatic carbocycles. The number of hydrogen-bond acceptors (Lipinski definition) is 4. The Balaban J connectivity index is 4.27. The number of ether oxygens (including phenoxy) is 1. The maximum atomic E-state index is 11.5. The van der Waals surface area contributed by atoms with E-state index in [9.17, 15) is 9.59 Å². The van der Waals surface area contributed by atoms with Gasteiger partial charge in [-0.25, -0.2) is 4.79 Å². The Hall–Kier alpha value is -1.10. The number of amides is 1. The number of nitrogens with two attached hydrogens (primary N) is 1. The van der Waals surface area contributed by atoms with Crippen molar-refractivity contribution >= 4 is 11.9 Å². The first-order valence-corrected chi connectivity index (χ1v) is 5.19. The molecule has 1 atom stereocenters. The summed E-state index contributed by atoms with van der Waals surface area (Å²) in [5, 5.41) is 2.61. The molecule has 5 nitrogen and oxygen atoms in total. The second-order valence-corrected chi connectivity index (χ2v) is 3.58. The van der Waals surface area contributed by atoms with Crippen LogP contribution in [0.4, 0.5) is 0 Å². The molecule has 0 aromatic heterocycles. The van der Waals surface area contributed by atoms with E-state index < -0.39 is 12.0 Å². The molecule has 88 valence electrons. The van der Waals surface area contributed by atoms with Gasteiger partial charge in [-0.1, -0.05) is 13.8 Å². The quantitative estimate of drug-likeness (QED) is 0.614. The molecule has 0 heterocycles. The zero-order chi connectivity index (χ0) is 11.8. The molecule has 0 aliphatic heterocycles. The van der Waals surface area contributed by atoms with Gasteiger partial charge in [0.2, 0.25) is 5.91 Å². The molecule has 1 amide bonds. The molecular weight excluding hydrogens is 196 g/mol. The van der Waals surface area contributed by atoms with E-state index in [0.717, 1.165) is 0 Å². The Bertz CT molecular complexity index is 217. The van der Waals surface area contributed by atoms with Crippen LogP contribution in [0, 0.1) is 5.92 Å². The molecule has 0 aromatic rings. The highest BCUT2D eigenvalue weighted by Gasteiger charge is 2.24. The summed E-state index contributed by atoms with van der Waals surface area (Å²) in [6.07, 6.45) is 0.225. The predicted molar refractivity (Wildman–Crippen MR) is 57.1 cm³/mol. The highest BCUT2D eigenvalue weighted by Crippen LogP contribution is 2.04. The third-order valence-corrected chi connectivity index (χ3v) is 1.90. The zero-order valence-electron chi connectivity index (χ0n) is 9.58. The van der Waals surface area contributed by atoms with E-state index >= 15 is 0 Å². The minimum atomic E-state index is -0.580. The highest BCUT2D eigenvalue weighted by molar-refractivity contribution is 5.84. The van der Waals surface area contributed by atoms with Crippen molar-refractivity contribution in [3.63, 3.8) is 0 Å². The molecule has 0 saturated heterocycles. The van der Waals surface area contributed by atoms with E-state index in [2.05, 4.69) is 5.32 Å². The van der Waals surface area contributed by atoms with Gasteiger partial charge in [0, 0.05) is 13.0 Å². The Morgan fingerprint density at radius 3 is 2.40 bits per heavy atom. The number of rotatable bonds is 6. The van der Waals surface area contributed by atoms with Crippen molar-refractivity contribution in [3.8, 4) is 0 Å². The topological polar surface area (TPSA) is 81.4 Å². The Labute approximate surface area is 90.4 Å². The molecule has 0 spiro atoms. The van der Waals surface area contributed by atoms with Crippen LogP contribution in [0.5, 0.6) is 0 Å². The lowest BCUT2D eigenvalue weighted by Crippen LogP contribution is -2.45. The van der Waals surface area contributed by atoms with Gasteiger partial charge in [0.15, 0.2) is 0 Å². The van der Waals surface area contributed by atoms with Gasteiger partial charge in [-0.15, -0.1) is 0 Å². The average molecular weight is 216 g/mol. The molecule has 0 radical (unpaired) electrons. The fourth-order valence-electron chi connectivity index (χ4n) is 1.11. The van der Waals surface area contributed by atoms with Crippen molar-refractivity contribution in [2.45, 2.75) is 33.2 Å². The summed E-state index contributed by atoms with van der Waals surface area (Å²) in [5.41, 5.74) is 5.24. The predicted octanol–water partition coefficient (Wildman–Crippen LogP) is 0.0391. The fraction of sp³-hybridized carbons (Fsp3) is 0.800. The minimum absolute atomic E-state index is 0.00535. The van der Waals surface area contributed by atoms with Gasteiger partial charge in [0.05, 0.1) is 6.61 Å². The van der Waals surface area contributed by atoms with Crippen molar-refractivity contribution in [1.82, 2.24) is 5.32 Å². The molecule has 0 fully saturated rings. The molecule has 0 bridgehead atoms. The first-order chi connectivity index (χ1) is 7.02. The number of carbonyl (C=O) groups excluding carboxylic acids is 2. The number of nitrogens with one attached hydrogen (secondary N) is 1. The lowest BCUT2D eigenvalue weighted by atomic mass is 10.0. The van der Waals surface area contributed by atoms with Crippen LogP contribution in [-0.4, -0.2) is 31.1 Å². The van der Waals surface area contributed by atoms with E-state index in [1.54, 1.807) is 6.92 Å². The van der Waals surface area contributed by atoms with Crippen molar-refractivity contribution in [1.29, 1.82) is 0 Å². The molecule has 0 rings (SSSR count). The second-order valence-electron chi connectivity index (χ2n) is 3.58. The standard InChI is InChI=1S/C10H20N2O3/c1-4-15-10(14)9(7(2)3)12-8(13)5-6-11/h7,9H,4-6,11H2,1-3H3,(H,12,13)/t9-/m1/s1. The summed E-state index contributed by atoms with van der Waals surface area (Å²) >= 11 is 0. The monoisotopic (exact) mass is 216 g/mol. The van der Waals surface area contributed by atoms with E-state index in [0.29, 0.717) is 6.61 Å². The van der Waals surface area contributed by atoms with Crippen LogP contribution >= 0.6 is 0 Å². The number of hydrogen-bond donors (Lipinski definition) is 2. The van der Waals surface area contributed by atoms with Crippen LogP contribution in [0.1, 0.15) is 27.2 Å². The summed E-state index contributed by atoms with van der Waals surface area (Å²) in [5.74, 6) is -0.604. The fourth-order valence-corrected chi connectivity index (χ4v) is 1.11. The van der Waals surface area contributed by atoms with Gasteiger partial charge < -0.3 is 15.8 Å². The maximum Gasteiger partial charge on any atom is 0.328 e. The summed E-state index contributed by atoms with van der Waals surface area (Å²) in [7, 11) is 0. The van der Waals surface area contributed by atoms with Gasteiger partial charge >= 0.3 is 5.97 Å². The summed E-state index contributed by atoms with van der Waals surface area (Å²) in [6, 6.07) is -0.580. The van der Waals surface area contributed by atoms with Crippen LogP contribution in [0.25, 0.3) is 0 Å². The smallest absolute Gasteiger partial charge is 0.328 e. The molecule has 15 heavy (non-hydrogen) atoms. The van der Waals surface area contributed by atoms with E-state index in [4.69, 9.17) is 10.5 Å². The average Bonchev–Trinajstić information content (AvgIpc) is 2.14. The van der Waals surface area contributed by atoms with Crippen LogP contribution in [0.2, 0.25) is 0 Å². The summed E-state index contributed by atoms with van der Waals surface area (Å²) < 4.78 is 4.86. The largest absolute Gasteiger partial charge is 0.464 e. The molecule has 0 aromatic carbocycles.